The molecular formula is C23H14ClF2N3O2. The van der Waals surface area contributed by atoms with Gasteiger partial charge in [-0.25, -0.2) is 0 Å². The van der Waals surface area contributed by atoms with Gasteiger partial charge in [-0.05, 0) is 48.5 Å². The summed E-state index contributed by atoms with van der Waals surface area (Å²) in [5.74, 6) is 6.05. The van der Waals surface area contributed by atoms with Gasteiger partial charge in [0.15, 0.2) is 0 Å². The van der Waals surface area contributed by atoms with Crippen LogP contribution in [0.3, 0.4) is 0 Å². The van der Waals surface area contributed by atoms with Crippen molar-refractivity contribution in [2.45, 2.75) is 13.0 Å². The Bertz CT molecular complexity index is 1250. The van der Waals surface area contributed by atoms with Crippen LogP contribution >= 0.6 is 11.6 Å². The highest BCUT2D eigenvalue weighted by Crippen LogP contribution is 2.23. The number of hydrogen-bond donors (Lipinski definition) is 0. The number of nitrogens with zero attached hydrogens (tertiary/aromatic N) is 3. The summed E-state index contributed by atoms with van der Waals surface area (Å²) in [6.07, 6.45) is -1.35. The van der Waals surface area contributed by atoms with Crippen molar-refractivity contribution in [1.29, 1.82) is 0 Å². The van der Waals surface area contributed by atoms with Gasteiger partial charge in [-0.2, -0.15) is 8.78 Å². The highest BCUT2D eigenvalue weighted by atomic mass is 35.5. The molecule has 0 unspecified atom stereocenters. The normalized spacial score (nSPS) is 10.6. The molecule has 2 aromatic heterocycles. The Hall–Kier alpha value is -3.76. The molecule has 0 saturated carbocycles. The Morgan fingerprint density at radius 3 is 2.42 bits per heavy atom. The van der Waals surface area contributed by atoms with Gasteiger partial charge in [0, 0.05) is 22.3 Å². The first kappa shape index (κ1) is 20.5. The summed E-state index contributed by atoms with van der Waals surface area (Å²) in [6.45, 7) is 0.220. The third-order valence-corrected chi connectivity index (χ3v) is 4.33. The molecule has 5 nitrogen and oxygen atoms in total. The van der Waals surface area contributed by atoms with Crippen LogP contribution in [0.4, 0.5) is 8.78 Å². The minimum Gasteiger partial charge on any atom is -0.487 e. The Labute approximate surface area is 181 Å². The van der Waals surface area contributed by atoms with Crippen molar-refractivity contribution < 1.29 is 17.9 Å². The van der Waals surface area contributed by atoms with E-state index in [1.807, 2.05) is 36.4 Å². The smallest absolute Gasteiger partial charge is 0.314 e. The molecule has 0 fully saturated rings. The second kappa shape index (κ2) is 9.37. The van der Waals surface area contributed by atoms with E-state index in [0.29, 0.717) is 22.0 Å². The van der Waals surface area contributed by atoms with Crippen molar-refractivity contribution in [3.63, 3.8) is 0 Å². The topological polar surface area (TPSA) is 61.0 Å². The molecule has 154 valence electrons. The zero-order valence-electron chi connectivity index (χ0n) is 15.9. The Morgan fingerprint density at radius 1 is 0.968 bits per heavy atom. The van der Waals surface area contributed by atoms with E-state index in [1.165, 1.54) is 6.20 Å². The molecule has 2 aromatic carbocycles. The predicted octanol–water partition coefficient (Wildman–Crippen LogP) is 5.70. The molecule has 4 rings (SSSR count). The summed E-state index contributed by atoms with van der Waals surface area (Å²) in [5.41, 5.74) is 2.71. The standard InChI is InChI=1S/C23H14ClF2N3O2/c24-18-5-1-3-15(11-18)7-8-16-4-2-6-20(12-16)30-14-19-10-9-17(13-27-19)22-28-29-23(31-22)21(25)26/h1-6,9-13,21H,14H2. The molecule has 0 N–H and O–H groups in total. The summed E-state index contributed by atoms with van der Waals surface area (Å²) in [4.78, 5) is 4.25. The minimum atomic E-state index is -2.81. The van der Waals surface area contributed by atoms with Gasteiger partial charge in [0.1, 0.15) is 12.4 Å². The van der Waals surface area contributed by atoms with Crippen LogP contribution in [0.15, 0.2) is 71.3 Å². The fourth-order valence-electron chi connectivity index (χ4n) is 2.61. The quantitative estimate of drug-likeness (QED) is 0.375. The zero-order valence-corrected chi connectivity index (χ0v) is 16.7. The highest BCUT2D eigenvalue weighted by Gasteiger charge is 2.17. The number of alkyl halides is 2. The van der Waals surface area contributed by atoms with Gasteiger partial charge in [0.25, 0.3) is 5.89 Å². The molecule has 0 aliphatic heterocycles. The summed E-state index contributed by atoms with van der Waals surface area (Å²) in [5, 5.41) is 7.53. The lowest BCUT2D eigenvalue weighted by Gasteiger charge is -2.06. The van der Waals surface area contributed by atoms with Crippen LogP contribution in [0.25, 0.3) is 11.5 Å². The SMILES string of the molecule is FC(F)c1nnc(-c2ccc(COc3cccc(C#Cc4cccc(Cl)c4)c3)nc2)o1. The molecule has 2 heterocycles. The number of ether oxygens (including phenoxy) is 1. The lowest BCUT2D eigenvalue weighted by atomic mass is 10.2. The van der Waals surface area contributed by atoms with Gasteiger partial charge in [0.05, 0.1) is 11.3 Å². The molecule has 0 aliphatic rings. The number of benzene rings is 2. The molecule has 0 spiro atoms. The third kappa shape index (κ3) is 5.44. The van der Waals surface area contributed by atoms with Gasteiger partial charge in [0.2, 0.25) is 5.89 Å². The first-order chi connectivity index (χ1) is 15.1. The summed E-state index contributed by atoms with van der Waals surface area (Å²) in [6, 6.07) is 18.1. The molecule has 0 bridgehead atoms. The fourth-order valence-corrected chi connectivity index (χ4v) is 2.80. The van der Waals surface area contributed by atoms with Crippen molar-refractivity contribution in [1.82, 2.24) is 15.2 Å². The van der Waals surface area contributed by atoms with Gasteiger partial charge in [-0.1, -0.05) is 35.6 Å². The van der Waals surface area contributed by atoms with E-state index in [-0.39, 0.29) is 12.5 Å². The van der Waals surface area contributed by atoms with Crippen LogP contribution in [-0.2, 0) is 6.61 Å². The summed E-state index contributed by atoms with van der Waals surface area (Å²) in [7, 11) is 0. The maximum atomic E-state index is 12.6. The van der Waals surface area contributed by atoms with Crippen molar-refractivity contribution in [3.8, 4) is 29.0 Å². The lowest BCUT2D eigenvalue weighted by Crippen LogP contribution is -1.98. The monoisotopic (exact) mass is 437 g/mol. The van der Waals surface area contributed by atoms with E-state index in [0.717, 1.165) is 11.1 Å². The maximum Gasteiger partial charge on any atom is 0.314 e. The molecule has 8 heteroatoms. The van der Waals surface area contributed by atoms with Gasteiger partial charge in [-0.3, -0.25) is 4.98 Å². The number of hydrogen-bond acceptors (Lipinski definition) is 5. The Morgan fingerprint density at radius 2 is 1.74 bits per heavy atom. The lowest BCUT2D eigenvalue weighted by molar-refractivity contribution is 0.116. The van der Waals surface area contributed by atoms with Gasteiger partial charge < -0.3 is 9.15 Å². The second-order valence-corrected chi connectivity index (χ2v) is 6.80. The molecular weight excluding hydrogens is 424 g/mol. The average molecular weight is 438 g/mol. The van der Waals surface area contributed by atoms with E-state index in [9.17, 15) is 8.78 Å². The van der Waals surface area contributed by atoms with Crippen LogP contribution in [0.5, 0.6) is 5.75 Å². The minimum absolute atomic E-state index is 0.0127. The molecule has 0 saturated heterocycles. The zero-order chi connectivity index (χ0) is 21.6. The third-order valence-electron chi connectivity index (χ3n) is 4.10. The number of aromatic nitrogens is 3. The second-order valence-electron chi connectivity index (χ2n) is 6.36. The van der Waals surface area contributed by atoms with E-state index < -0.39 is 12.3 Å². The molecule has 0 aliphatic carbocycles. The predicted molar refractivity (Wildman–Crippen MR) is 111 cm³/mol. The van der Waals surface area contributed by atoms with Crippen molar-refractivity contribution >= 4 is 11.6 Å². The number of rotatable bonds is 5. The molecule has 4 aromatic rings. The van der Waals surface area contributed by atoms with Crippen molar-refractivity contribution in [2.24, 2.45) is 0 Å². The molecule has 31 heavy (non-hydrogen) atoms. The molecule has 0 atom stereocenters. The highest BCUT2D eigenvalue weighted by molar-refractivity contribution is 6.30. The Kier molecular flexibility index (Phi) is 6.20. The van der Waals surface area contributed by atoms with Crippen molar-refractivity contribution in [3.05, 3.63) is 94.6 Å². The van der Waals surface area contributed by atoms with Gasteiger partial charge in [-0.15, -0.1) is 10.2 Å². The first-order valence-electron chi connectivity index (χ1n) is 9.14. The molecule has 0 radical (unpaired) electrons. The average Bonchev–Trinajstić information content (AvgIpc) is 3.28. The fraction of sp³-hybridized carbons (Fsp3) is 0.0870. The number of pyridine rings is 1. The van der Waals surface area contributed by atoms with Crippen LogP contribution in [0.2, 0.25) is 5.02 Å². The largest absolute Gasteiger partial charge is 0.487 e. The first-order valence-corrected chi connectivity index (χ1v) is 9.52. The van der Waals surface area contributed by atoms with Crippen LogP contribution in [0, 0.1) is 11.8 Å². The van der Waals surface area contributed by atoms with Crippen molar-refractivity contribution in [2.75, 3.05) is 0 Å². The van der Waals surface area contributed by atoms with E-state index >= 15 is 0 Å². The maximum absolute atomic E-state index is 12.6. The summed E-state index contributed by atoms with van der Waals surface area (Å²) < 4.78 is 35.8. The Balaban J connectivity index is 1.40. The molecule has 0 amide bonds. The van der Waals surface area contributed by atoms with Crippen LogP contribution in [-0.4, -0.2) is 15.2 Å². The summed E-state index contributed by atoms with van der Waals surface area (Å²) >= 11 is 5.97. The van der Waals surface area contributed by atoms with Gasteiger partial charge >= 0.3 is 6.43 Å². The van der Waals surface area contributed by atoms with E-state index in [2.05, 4.69) is 27.0 Å². The van der Waals surface area contributed by atoms with E-state index in [1.54, 1.807) is 24.3 Å². The van der Waals surface area contributed by atoms with Crippen LogP contribution < -0.4 is 4.74 Å². The van der Waals surface area contributed by atoms with E-state index in [4.69, 9.17) is 20.8 Å². The number of halogens is 3. The van der Waals surface area contributed by atoms with Crippen LogP contribution in [0.1, 0.15) is 29.1 Å².